The van der Waals surface area contributed by atoms with Gasteiger partial charge >= 0.3 is 0 Å². The van der Waals surface area contributed by atoms with Crippen LogP contribution in [0.5, 0.6) is 0 Å². The number of aliphatic hydroxyl groups excluding tert-OH is 1. The van der Waals surface area contributed by atoms with Crippen molar-refractivity contribution in [2.24, 2.45) is 0 Å². The highest BCUT2D eigenvalue weighted by molar-refractivity contribution is 5.73. The first-order valence-electron chi connectivity index (χ1n) is 9.50. The zero-order valence-electron chi connectivity index (χ0n) is 16.3. The van der Waals surface area contributed by atoms with Crippen molar-refractivity contribution in [1.82, 2.24) is 10.2 Å². The number of carbonyl (C=O) groups is 1. The van der Waals surface area contributed by atoms with Gasteiger partial charge in [0.2, 0.25) is 5.91 Å². The second-order valence-electron chi connectivity index (χ2n) is 7.18. The summed E-state index contributed by atoms with van der Waals surface area (Å²) < 4.78 is 18.6. The van der Waals surface area contributed by atoms with Crippen LogP contribution in [-0.4, -0.2) is 61.4 Å². The molecular weight excluding hydrogens is 359 g/mol. The van der Waals surface area contributed by atoms with Gasteiger partial charge in [-0.15, -0.1) is 0 Å². The molecule has 1 aliphatic heterocycles. The van der Waals surface area contributed by atoms with E-state index in [1.807, 2.05) is 30.3 Å². The number of amides is 1. The van der Waals surface area contributed by atoms with Crippen LogP contribution in [0.25, 0.3) is 11.1 Å². The van der Waals surface area contributed by atoms with E-state index in [1.54, 1.807) is 25.0 Å². The van der Waals surface area contributed by atoms with Crippen LogP contribution in [0.1, 0.15) is 18.4 Å². The molecule has 0 aromatic heterocycles. The molecule has 150 valence electrons. The Labute approximate surface area is 165 Å². The Hall–Kier alpha value is -2.28. The van der Waals surface area contributed by atoms with E-state index < -0.39 is 0 Å². The molecule has 6 heteroatoms. The van der Waals surface area contributed by atoms with Crippen molar-refractivity contribution in [3.8, 4) is 11.1 Å². The number of hydrogen-bond donors (Lipinski definition) is 2. The average Bonchev–Trinajstić information content (AvgIpc) is 2.67. The molecule has 1 saturated heterocycles. The number of carbonyl (C=O) groups excluding carboxylic acids is 1. The van der Waals surface area contributed by atoms with Crippen LogP contribution < -0.4 is 5.32 Å². The number of benzene rings is 2. The summed E-state index contributed by atoms with van der Waals surface area (Å²) in [6.07, 6.45) is 0. The third-order valence-electron chi connectivity index (χ3n) is 5.37. The zero-order valence-corrected chi connectivity index (χ0v) is 16.3. The van der Waals surface area contributed by atoms with Gasteiger partial charge < -0.3 is 20.1 Å². The molecule has 3 rings (SSSR count). The maximum Gasteiger partial charge on any atom is 0.219 e. The number of hydrogen-bond acceptors (Lipinski definition) is 4. The number of rotatable bonds is 8. The highest BCUT2D eigenvalue weighted by Gasteiger charge is 2.41. The zero-order chi connectivity index (χ0) is 20.1. The first-order valence-corrected chi connectivity index (χ1v) is 9.50. The smallest absolute Gasteiger partial charge is 0.219 e. The van der Waals surface area contributed by atoms with Gasteiger partial charge in [-0.3, -0.25) is 4.79 Å². The Balaban J connectivity index is 1.74. The van der Waals surface area contributed by atoms with E-state index in [1.165, 1.54) is 12.1 Å². The van der Waals surface area contributed by atoms with Crippen molar-refractivity contribution in [2.75, 3.05) is 33.4 Å². The van der Waals surface area contributed by atoms with Crippen LogP contribution in [0, 0.1) is 5.82 Å². The molecule has 3 atom stereocenters. The van der Waals surface area contributed by atoms with Crippen molar-refractivity contribution in [2.45, 2.75) is 24.9 Å². The normalized spacial score (nSPS) is 21.2. The van der Waals surface area contributed by atoms with Crippen molar-refractivity contribution < 1.29 is 19.0 Å². The Bertz CT molecular complexity index is 797. The Morgan fingerprint density at radius 3 is 2.54 bits per heavy atom. The number of methoxy groups -OCH3 is 1. The van der Waals surface area contributed by atoms with Crippen LogP contribution in [0.4, 0.5) is 4.39 Å². The van der Waals surface area contributed by atoms with Crippen LogP contribution in [0.15, 0.2) is 48.5 Å². The molecule has 2 aromatic carbocycles. The number of aliphatic hydroxyl groups is 1. The maximum absolute atomic E-state index is 13.5. The van der Waals surface area contributed by atoms with E-state index >= 15 is 0 Å². The van der Waals surface area contributed by atoms with Gasteiger partial charge in [-0.2, -0.15) is 0 Å². The monoisotopic (exact) mass is 386 g/mol. The molecular formula is C22H27FN2O3. The Morgan fingerprint density at radius 2 is 1.93 bits per heavy atom. The predicted octanol–water partition coefficient (Wildman–Crippen LogP) is 2.40. The lowest BCUT2D eigenvalue weighted by atomic mass is 9.77. The van der Waals surface area contributed by atoms with Crippen molar-refractivity contribution in [3.05, 3.63) is 59.9 Å². The van der Waals surface area contributed by atoms with Gasteiger partial charge in [0, 0.05) is 45.1 Å². The molecule has 0 unspecified atom stereocenters. The summed E-state index contributed by atoms with van der Waals surface area (Å²) in [5.74, 6) is -0.145. The van der Waals surface area contributed by atoms with E-state index in [9.17, 15) is 14.3 Å². The van der Waals surface area contributed by atoms with E-state index in [-0.39, 0.29) is 36.3 Å². The lowest BCUT2D eigenvalue weighted by Gasteiger charge is -2.47. The molecule has 0 radical (unpaired) electrons. The fourth-order valence-corrected chi connectivity index (χ4v) is 3.82. The summed E-state index contributed by atoms with van der Waals surface area (Å²) in [5.41, 5.74) is 2.87. The van der Waals surface area contributed by atoms with Gasteiger partial charge in [-0.05, 0) is 28.8 Å². The van der Waals surface area contributed by atoms with Crippen molar-refractivity contribution in [1.29, 1.82) is 0 Å². The van der Waals surface area contributed by atoms with E-state index in [0.717, 1.165) is 16.7 Å². The van der Waals surface area contributed by atoms with Gasteiger partial charge in [0.1, 0.15) is 5.82 Å². The minimum atomic E-state index is -0.259. The van der Waals surface area contributed by atoms with Crippen molar-refractivity contribution in [3.63, 3.8) is 0 Å². The summed E-state index contributed by atoms with van der Waals surface area (Å²) in [6, 6.07) is 14.5. The first-order chi connectivity index (χ1) is 13.5. The predicted molar refractivity (Wildman–Crippen MR) is 107 cm³/mol. The molecule has 2 N–H and O–H groups in total. The number of ether oxygens (including phenoxy) is 1. The summed E-state index contributed by atoms with van der Waals surface area (Å²) in [7, 11) is 1.62. The number of nitrogens with zero attached hydrogens (tertiary/aromatic N) is 1. The molecule has 5 nitrogen and oxygen atoms in total. The van der Waals surface area contributed by atoms with Crippen LogP contribution >= 0.6 is 0 Å². The Morgan fingerprint density at radius 1 is 1.18 bits per heavy atom. The Kier molecular flexibility index (Phi) is 6.78. The van der Waals surface area contributed by atoms with Crippen LogP contribution in [0.3, 0.4) is 0 Å². The molecule has 1 fully saturated rings. The van der Waals surface area contributed by atoms with Gasteiger partial charge in [-0.1, -0.05) is 36.4 Å². The van der Waals surface area contributed by atoms with Gasteiger partial charge in [0.05, 0.1) is 13.2 Å². The van der Waals surface area contributed by atoms with E-state index in [4.69, 9.17) is 4.74 Å². The number of nitrogens with one attached hydrogen (secondary N) is 1. The van der Waals surface area contributed by atoms with Crippen LogP contribution in [-0.2, 0) is 9.53 Å². The summed E-state index contributed by atoms with van der Waals surface area (Å²) in [6.45, 7) is 3.18. The second-order valence-corrected chi connectivity index (χ2v) is 7.18. The maximum atomic E-state index is 13.5. The lowest BCUT2D eigenvalue weighted by Crippen LogP contribution is -2.65. The molecule has 0 aliphatic carbocycles. The molecule has 1 heterocycles. The molecule has 0 spiro atoms. The molecule has 0 saturated carbocycles. The van der Waals surface area contributed by atoms with E-state index in [0.29, 0.717) is 19.7 Å². The second kappa shape index (κ2) is 9.28. The minimum Gasteiger partial charge on any atom is -0.395 e. The third kappa shape index (κ3) is 4.58. The largest absolute Gasteiger partial charge is 0.395 e. The summed E-state index contributed by atoms with van der Waals surface area (Å²) in [4.78, 5) is 13.7. The summed E-state index contributed by atoms with van der Waals surface area (Å²) >= 11 is 0. The molecule has 28 heavy (non-hydrogen) atoms. The van der Waals surface area contributed by atoms with Gasteiger partial charge in [-0.25, -0.2) is 4.39 Å². The fraction of sp³-hybridized carbons (Fsp3) is 0.409. The highest BCUT2D eigenvalue weighted by atomic mass is 19.1. The highest BCUT2D eigenvalue weighted by Crippen LogP contribution is 2.34. The molecule has 2 aromatic rings. The molecule has 1 amide bonds. The first kappa shape index (κ1) is 20.5. The van der Waals surface area contributed by atoms with Gasteiger partial charge in [0.25, 0.3) is 0 Å². The van der Waals surface area contributed by atoms with Crippen molar-refractivity contribution >= 4 is 5.91 Å². The quantitative estimate of drug-likeness (QED) is 0.731. The lowest BCUT2D eigenvalue weighted by molar-refractivity contribution is -0.130. The SMILES string of the molecule is COCCN(C[C@H]1N[C@H](CO)[C@@H]1c1ccc(-c2cccc(F)c2)cc1)C(C)=O. The molecule has 0 bridgehead atoms. The molecule has 1 aliphatic rings. The summed E-state index contributed by atoms with van der Waals surface area (Å²) in [5, 5.41) is 13.0. The standard InChI is InChI=1S/C22H27FN2O3/c1-15(27)25(10-11-28-2)13-20-22(21(14-26)24-20)17-8-6-16(7-9-17)18-4-3-5-19(23)12-18/h3-9,12,20-22,24,26H,10-11,13-14H2,1-2H3/t20-,21-,22-/m1/s1. The number of halogens is 1. The fourth-order valence-electron chi connectivity index (χ4n) is 3.82. The minimum absolute atomic E-state index is 0.00602. The third-order valence-corrected chi connectivity index (χ3v) is 5.37. The van der Waals surface area contributed by atoms with Crippen LogP contribution in [0.2, 0.25) is 0 Å². The van der Waals surface area contributed by atoms with E-state index in [2.05, 4.69) is 5.32 Å². The topological polar surface area (TPSA) is 61.8 Å². The van der Waals surface area contributed by atoms with Gasteiger partial charge in [0.15, 0.2) is 0 Å². The average molecular weight is 386 g/mol.